The number of nitrogens with one attached hydrogen (secondary N) is 2. The van der Waals surface area contributed by atoms with E-state index in [2.05, 4.69) is 26.5 Å². The van der Waals surface area contributed by atoms with Gasteiger partial charge < -0.3 is 20.3 Å². The number of methoxy groups -OCH3 is 1. The Bertz CT molecular complexity index is 838. The summed E-state index contributed by atoms with van der Waals surface area (Å²) in [7, 11) is 5.12. The molecule has 1 aromatic heterocycles. The van der Waals surface area contributed by atoms with Crippen molar-refractivity contribution in [1.82, 2.24) is 25.3 Å². The van der Waals surface area contributed by atoms with E-state index in [0.717, 1.165) is 17.0 Å². The molecule has 0 radical (unpaired) electrons. The number of ether oxygens (including phenoxy) is 1. The van der Waals surface area contributed by atoms with Crippen LogP contribution < -0.4 is 15.4 Å². The molecule has 8 heteroatoms. The van der Waals surface area contributed by atoms with Crippen molar-refractivity contribution in [3.8, 4) is 5.75 Å². The molecule has 1 aliphatic rings. The number of aliphatic imine (C=N–C) groups is 1. The van der Waals surface area contributed by atoms with Gasteiger partial charge in [-0.1, -0.05) is 25.0 Å². The van der Waals surface area contributed by atoms with Crippen LogP contribution in [0.3, 0.4) is 0 Å². The Morgan fingerprint density at radius 3 is 2.60 bits per heavy atom. The van der Waals surface area contributed by atoms with E-state index in [-0.39, 0.29) is 12.5 Å². The van der Waals surface area contributed by atoms with E-state index >= 15 is 0 Å². The molecule has 0 aliphatic heterocycles. The van der Waals surface area contributed by atoms with Crippen molar-refractivity contribution in [3.05, 3.63) is 47.8 Å². The van der Waals surface area contributed by atoms with Crippen LogP contribution in [0, 0.1) is 0 Å². The second-order valence-corrected chi connectivity index (χ2v) is 7.73. The van der Waals surface area contributed by atoms with Crippen LogP contribution in [0.25, 0.3) is 0 Å². The van der Waals surface area contributed by atoms with Crippen molar-refractivity contribution >= 4 is 11.9 Å². The Morgan fingerprint density at radius 2 is 1.93 bits per heavy atom. The molecule has 1 amide bonds. The Morgan fingerprint density at radius 1 is 1.20 bits per heavy atom. The molecule has 1 heterocycles. The molecule has 2 aromatic rings. The molecule has 1 fully saturated rings. The lowest BCUT2D eigenvalue weighted by atomic mass is 10.2. The van der Waals surface area contributed by atoms with Gasteiger partial charge >= 0.3 is 0 Å². The number of nitrogens with zero attached hydrogens (tertiary/aromatic N) is 4. The minimum Gasteiger partial charge on any atom is -0.497 e. The van der Waals surface area contributed by atoms with Gasteiger partial charge in [-0.2, -0.15) is 5.10 Å². The first kappa shape index (κ1) is 21.7. The van der Waals surface area contributed by atoms with Gasteiger partial charge in [0.25, 0.3) is 0 Å². The predicted octanol–water partition coefficient (Wildman–Crippen LogP) is 2.33. The molecule has 1 aliphatic carbocycles. The highest BCUT2D eigenvalue weighted by molar-refractivity contribution is 5.86. The molecule has 0 saturated heterocycles. The van der Waals surface area contributed by atoms with Gasteiger partial charge in [-0.15, -0.1) is 0 Å². The van der Waals surface area contributed by atoms with E-state index in [4.69, 9.17) is 9.84 Å². The summed E-state index contributed by atoms with van der Waals surface area (Å²) in [4.78, 5) is 18.1. The zero-order valence-corrected chi connectivity index (χ0v) is 18.1. The van der Waals surface area contributed by atoms with E-state index in [1.54, 1.807) is 26.1 Å². The fraction of sp³-hybridized carbons (Fsp3) is 0.500. The van der Waals surface area contributed by atoms with Crippen LogP contribution in [0.5, 0.6) is 5.75 Å². The quantitative estimate of drug-likeness (QED) is 0.514. The lowest BCUT2D eigenvalue weighted by molar-refractivity contribution is -0.127. The Balaban J connectivity index is 1.61. The van der Waals surface area contributed by atoms with Gasteiger partial charge in [0.2, 0.25) is 5.91 Å². The number of likely N-dealkylation sites (N-methyl/N-ethyl adjacent to an activating group) is 1. The topological polar surface area (TPSA) is 83.8 Å². The molecule has 1 aromatic carbocycles. The van der Waals surface area contributed by atoms with Crippen molar-refractivity contribution in [3.63, 3.8) is 0 Å². The van der Waals surface area contributed by atoms with Crippen LogP contribution in [0.15, 0.2) is 41.5 Å². The molecule has 2 N–H and O–H groups in total. The molecule has 162 valence electrons. The summed E-state index contributed by atoms with van der Waals surface area (Å²) in [6.07, 6.45) is 7.03. The first-order valence-electron chi connectivity index (χ1n) is 10.4. The summed E-state index contributed by atoms with van der Waals surface area (Å²) in [5.74, 6) is 1.38. The van der Waals surface area contributed by atoms with Crippen LogP contribution >= 0.6 is 0 Å². The molecule has 30 heavy (non-hydrogen) atoms. The van der Waals surface area contributed by atoms with Crippen molar-refractivity contribution in [1.29, 1.82) is 0 Å². The largest absolute Gasteiger partial charge is 0.497 e. The third-order valence-corrected chi connectivity index (χ3v) is 5.28. The van der Waals surface area contributed by atoms with Gasteiger partial charge in [0.15, 0.2) is 5.96 Å². The number of benzene rings is 1. The average Bonchev–Trinajstić information content (AvgIpc) is 3.45. The van der Waals surface area contributed by atoms with Gasteiger partial charge in [0.05, 0.1) is 38.5 Å². The highest BCUT2D eigenvalue weighted by Crippen LogP contribution is 2.28. The summed E-state index contributed by atoms with van der Waals surface area (Å²) in [5, 5.41) is 11.1. The maximum Gasteiger partial charge on any atom is 0.241 e. The van der Waals surface area contributed by atoms with Crippen molar-refractivity contribution in [2.24, 2.45) is 4.99 Å². The van der Waals surface area contributed by atoms with Gasteiger partial charge in [-0.3, -0.25) is 9.48 Å². The predicted molar refractivity (Wildman–Crippen MR) is 117 cm³/mol. The van der Waals surface area contributed by atoms with Gasteiger partial charge in [0.1, 0.15) is 5.75 Å². The number of hydrogen-bond donors (Lipinski definition) is 2. The maximum absolute atomic E-state index is 12.0. The Hall–Kier alpha value is -3.03. The smallest absolute Gasteiger partial charge is 0.241 e. The van der Waals surface area contributed by atoms with Gasteiger partial charge in [-0.25, -0.2) is 4.99 Å². The fourth-order valence-electron chi connectivity index (χ4n) is 3.41. The summed E-state index contributed by atoms with van der Waals surface area (Å²) in [6, 6.07) is 10.4. The number of hydrogen-bond acceptors (Lipinski definition) is 4. The number of rotatable bonds is 8. The molecule has 3 rings (SSSR count). The average molecular weight is 413 g/mol. The van der Waals surface area contributed by atoms with E-state index in [1.165, 1.54) is 25.7 Å². The van der Waals surface area contributed by atoms with Crippen LogP contribution in [-0.2, 0) is 17.9 Å². The number of amides is 1. The zero-order chi connectivity index (χ0) is 21.3. The number of guanidine groups is 1. The lowest BCUT2D eigenvalue weighted by Gasteiger charge is -2.15. The first-order chi connectivity index (χ1) is 14.5. The molecular weight excluding hydrogens is 380 g/mol. The monoisotopic (exact) mass is 412 g/mol. The summed E-state index contributed by atoms with van der Waals surface area (Å²) >= 11 is 0. The van der Waals surface area contributed by atoms with Gasteiger partial charge in [-0.05, 0) is 36.6 Å². The van der Waals surface area contributed by atoms with Crippen LogP contribution in [-0.4, -0.2) is 54.3 Å². The number of aromatic nitrogens is 2. The normalized spacial score (nSPS) is 14.6. The number of carbonyl (C=O) groups is 1. The van der Waals surface area contributed by atoms with Crippen molar-refractivity contribution < 1.29 is 9.53 Å². The molecule has 1 saturated carbocycles. The summed E-state index contributed by atoms with van der Waals surface area (Å²) in [6.45, 7) is 1.22. The molecule has 0 bridgehead atoms. The highest BCUT2D eigenvalue weighted by Gasteiger charge is 2.17. The van der Waals surface area contributed by atoms with Gasteiger partial charge in [0, 0.05) is 20.3 Å². The molecule has 0 unspecified atom stereocenters. The minimum absolute atomic E-state index is 0.0144. The molecule has 8 nitrogen and oxygen atoms in total. The molecule has 0 spiro atoms. The maximum atomic E-state index is 12.0. The second-order valence-electron chi connectivity index (χ2n) is 7.73. The van der Waals surface area contributed by atoms with E-state index in [9.17, 15) is 4.79 Å². The highest BCUT2D eigenvalue weighted by atomic mass is 16.5. The van der Waals surface area contributed by atoms with E-state index in [1.807, 2.05) is 30.3 Å². The summed E-state index contributed by atoms with van der Waals surface area (Å²) in [5.41, 5.74) is 2.01. The van der Waals surface area contributed by atoms with Crippen LogP contribution in [0.4, 0.5) is 0 Å². The lowest BCUT2D eigenvalue weighted by Crippen LogP contribution is -2.42. The Labute approximate surface area is 178 Å². The summed E-state index contributed by atoms with van der Waals surface area (Å²) < 4.78 is 7.28. The number of carbonyl (C=O) groups excluding carboxylic acids is 1. The minimum atomic E-state index is -0.0144. The van der Waals surface area contributed by atoms with Crippen LogP contribution in [0.2, 0.25) is 0 Å². The second kappa shape index (κ2) is 10.7. The first-order valence-corrected chi connectivity index (χ1v) is 10.4. The standard InChI is InChI=1S/C22H32N6O2/c1-27(2)21(29)16-25-22(23-14-17-8-10-20(30-3)11-9-17)24-15-18-12-13-28(26-18)19-6-4-5-7-19/h8-13,19H,4-7,14-16H2,1-3H3,(H2,23,24,25). The zero-order valence-electron chi connectivity index (χ0n) is 18.1. The van der Waals surface area contributed by atoms with E-state index < -0.39 is 0 Å². The van der Waals surface area contributed by atoms with E-state index in [0.29, 0.717) is 25.1 Å². The molecule has 0 atom stereocenters. The third kappa shape index (κ3) is 6.23. The third-order valence-electron chi connectivity index (χ3n) is 5.28. The van der Waals surface area contributed by atoms with Crippen molar-refractivity contribution in [2.45, 2.75) is 44.8 Å². The van der Waals surface area contributed by atoms with Crippen molar-refractivity contribution in [2.75, 3.05) is 27.7 Å². The fourth-order valence-corrected chi connectivity index (χ4v) is 3.41. The van der Waals surface area contributed by atoms with Crippen LogP contribution in [0.1, 0.15) is 43.0 Å². The Kier molecular flexibility index (Phi) is 7.70. The molecular formula is C22H32N6O2. The SMILES string of the molecule is COc1ccc(CN=C(NCC(=O)N(C)C)NCc2ccn(C3CCCC3)n2)cc1.